The summed E-state index contributed by atoms with van der Waals surface area (Å²) >= 11 is 5.73. The fraction of sp³-hybridized carbons (Fsp3) is 0.500. The van der Waals surface area contributed by atoms with Gasteiger partial charge in [-0.25, -0.2) is 0 Å². The molecule has 4 nitrogen and oxygen atoms in total. The molecule has 0 atom stereocenters. The van der Waals surface area contributed by atoms with Crippen molar-refractivity contribution in [3.63, 3.8) is 0 Å². The Labute approximate surface area is 168 Å². The first-order valence-electron chi connectivity index (χ1n) is 10.2. The van der Waals surface area contributed by atoms with Crippen LogP contribution in [-0.2, 0) is 6.54 Å². The van der Waals surface area contributed by atoms with Crippen molar-refractivity contribution in [1.29, 1.82) is 0 Å². The molecule has 1 aromatic heterocycles. The molecule has 0 bridgehead atoms. The molecule has 0 radical (unpaired) electrons. The number of benzene rings is 1. The van der Waals surface area contributed by atoms with Gasteiger partial charge in [-0.05, 0) is 74.7 Å². The zero-order valence-electron chi connectivity index (χ0n) is 16.4. The zero-order valence-corrected chi connectivity index (χ0v) is 17.2. The van der Waals surface area contributed by atoms with E-state index in [1.165, 1.54) is 50.9 Å². The number of thiocarbonyl (C=S) groups is 1. The maximum absolute atomic E-state index is 5.73. The van der Waals surface area contributed by atoms with Crippen molar-refractivity contribution < 1.29 is 9.32 Å². The average Bonchev–Trinajstić information content (AvgIpc) is 3.02. The van der Waals surface area contributed by atoms with E-state index in [4.69, 9.17) is 16.6 Å². The number of likely N-dealkylation sites (tertiary alicyclic amines) is 1. The van der Waals surface area contributed by atoms with E-state index in [9.17, 15) is 0 Å². The lowest BCUT2D eigenvalue weighted by molar-refractivity contribution is -0.899. The van der Waals surface area contributed by atoms with Crippen molar-refractivity contribution in [3.05, 3.63) is 54.0 Å². The molecule has 0 saturated carbocycles. The standard InChI is InChI=1S/C22H31N3OS/c1-19-9-6-10-20(17-19)23-22(27)25(18-21-11-7-16-26-21)15-8-14-24-12-4-2-3-5-13-24/h6-7,9-11,16-17H,2-5,8,12-15,18H2,1H3,(H,23,27)/p+1. The van der Waals surface area contributed by atoms with Crippen molar-refractivity contribution in [1.82, 2.24) is 4.90 Å². The normalized spacial score (nSPS) is 15.3. The van der Waals surface area contributed by atoms with E-state index in [2.05, 4.69) is 41.4 Å². The summed E-state index contributed by atoms with van der Waals surface area (Å²) < 4.78 is 5.56. The highest BCUT2D eigenvalue weighted by Gasteiger charge is 2.16. The molecule has 0 unspecified atom stereocenters. The van der Waals surface area contributed by atoms with Gasteiger partial charge in [0.25, 0.3) is 0 Å². The Morgan fingerprint density at radius 1 is 1.15 bits per heavy atom. The van der Waals surface area contributed by atoms with Crippen molar-refractivity contribution >= 4 is 23.0 Å². The van der Waals surface area contributed by atoms with Crippen molar-refractivity contribution in [2.75, 3.05) is 31.5 Å². The molecule has 1 saturated heterocycles. The summed E-state index contributed by atoms with van der Waals surface area (Å²) in [6.07, 6.45) is 8.42. The number of nitrogens with one attached hydrogen (secondary N) is 2. The summed E-state index contributed by atoms with van der Waals surface area (Å²) in [5.74, 6) is 0.950. The SMILES string of the molecule is Cc1cccc(NC(=S)N(CCC[NH+]2CCCCCC2)Cc2ccco2)c1. The van der Waals surface area contributed by atoms with Crippen LogP contribution in [0.5, 0.6) is 0 Å². The van der Waals surface area contributed by atoms with Crippen molar-refractivity contribution in [2.24, 2.45) is 0 Å². The number of hydrogen-bond donors (Lipinski definition) is 2. The van der Waals surface area contributed by atoms with E-state index in [1.54, 1.807) is 11.2 Å². The molecule has 1 aliphatic rings. The monoisotopic (exact) mass is 386 g/mol. The first-order chi connectivity index (χ1) is 13.2. The summed E-state index contributed by atoms with van der Waals surface area (Å²) in [5, 5.41) is 4.17. The molecule has 0 spiro atoms. The second kappa shape index (κ2) is 10.5. The van der Waals surface area contributed by atoms with Gasteiger partial charge in [0, 0.05) is 18.7 Å². The Hall–Kier alpha value is -1.85. The second-order valence-corrected chi connectivity index (χ2v) is 7.96. The Morgan fingerprint density at radius 2 is 1.96 bits per heavy atom. The van der Waals surface area contributed by atoms with Crippen LogP contribution in [0.3, 0.4) is 0 Å². The molecule has 2 aromatic rings. The van der Waals surface area contributed by atoms with Gasteiger partial charge in [-0.1, -0.05) is 12.1 Å². The number of nitrogens with zero attached hydrogens (tertiary/aromatic N) is 1. The molecular weight excluding hydrogens is 354 g/mol. The highest BCUT2D eigenvalue weighted by molar-refractivity contribution is 7.80. The summed E-state index contributed by atoms with van der Waals surface area (Å²) in [5.41, 5.74) is 2.27. The summed E-state index contributed by atoms with van der Waals surface area (Å²) in [6, 6.07) is 12.3. The van der Waals surface area contributed by atoms with Gasteiger partial charge in [0.1, 0.15) is 5.76 Å². The first kappa shape index (κ1) is 19.9. The van der Waals surface area contributed by atoms with E-state index in [0.717, 1.165) is 29.5 Å². The molecule has 3 rings (SSSR count). The van der Waals surface area contributed by atoms with Gasteiger partial charge in [0.15, 0.2) is 5.11 Å². The fourth-order valence-corrected chi connectivity index (χ4v) is 4.04. The van der Waals surface area contributed by atoms with Gasteiger partial charge in [-0.15, -0.1) is 0 Å². The first-order valence-corrected chi connectivity index (χ1v) is 10.6. The minimum Gasteiger partial charge on any atom is -0.467 e. The Bertz CT molecular complexity index is 693. The van der Waals surface area contributed by atoms with Gasteiger partial charge in [0.05, 0.1) is 32.4 Å². The van der Waals surface area contributed by atoms with E-state index in [-0.39, 0.29) is 0 Å². The maximum Gasteiger partial charge on any atom is 0.173 e. The maximum atomic E-state index is 5.73. The average molecular weight is 387 g/mol. The van der Waals surface area contributed by atoms with E-state index >= 15 is 0 Å². The molecule has 1 aliphatic heterocycles. The van der Waals surface area contributed by atoms with Crippen molar-refractivity contribution in [2.45, 2.75) is 45.6 Å². The van der Waals surface area contributed by atoms with Crippen LogP contribution in [0.4, 0.5) is 5.69 Å². The summed E-state index contributed by atoms with van der Waals surface area (Å²) in [4.78, 5) is 3.98. The number of rotatable bonds is 7. The summed E-state index contributed by atoms with van der Waals surface area (Å²) in [6.45, 7) is 7.62. The minimum absolute atomic E-state index is 0.708. The predicted octanol–water partition coefficient (Wildman–Crippen LogP) is 3.64. The van der Waals surface area contributed by atoms with Gasteiger partial charge in [-0.3, -0.25) is 0 Å². The molecule has 1 fully saturated rings. The number of hydrogen-bond acceptors (Lipinski definition) is 2. The minimum atomic E-state index is 0.708. The predicted molar refractivity (Wildman–Crippen MR) is 115 cm³/mol. The smallest absolute Gasteiger partial charge is 0.173 e. The largest absolute Gasteiger partial charge is 0.467 e. The quantitative estimate of drug-likeness (QED) is 0.712. The van der Waals surface area contributed by atoms with E-state index in [1.807, 2.05) is 12.1 Å². The van der Waals surface area contributed by atoms with Gasteiger partial charge in [-0.2, -0.15) is 0 Å². The van der Waals surface area contributed by atoms with Crippen LogP contribution in [0.25, 0.3) is 0 Å². The van der Waals surface area contributed by atoms with Crippen LogP contribution in [0.1, 0.15) is 43.4 Å². The third-order valence-corrected chi connectivity index (χ3v) is 5.61. The molecule has 0 amide bonds. The second-order valence-electron chi connectivity index (χ2n) is 7.57. The Morgan fingerprint density at radius 3 is 2.67 bits per heavy atom. The molecule has 27 heavy (non-hydrogen) atoms. The lowest BCUT2D eigenvalue weighted by atomic mass is 10.2. The number of furan rings is 1. The van der Waals surface area contributed by atoms with Gasteiger partial charge >= 0.3 is 0 Å². The lowest BCUT2D eigenvalue weighted by Crippen LogP contribution is -3.11. The van der Waals surface area contributed by atoms with E-state index in [0.29, 0.717) is 6.54 Å². The molecule has 146 valence electrons. The third-order valence-electron chi connectivity index (χ3n) is 5.25. The zero-order chi connectivity index (χ0) is 18.9. The van der Waals surface area contributed by atoms with E-state index < -0.39 is 0 Å². The van der Waals surface area contributed by atoms with Gasteiger partial charge in [0.2, 0.25) is 0 Å². The van der Waals surface area contributed by atoms with Crippen molar-refractivity contribution in [3.8, 4) is 0 Å². The van der Waals surface area contributed by atoms with Gasteiger partial charge < -0.3 is 19.5 Å². The Kier molecular flexibility index (Phi) is 7.72. The highest BCUT2D eigenvalue weighted by Crippen LogP contribution is 2.13. The molecule has 2 heterocycles. The molecular formula is C22H32N3OS+. The topological polar surface area (TPSA) is 32.9 Å². The van der Waals surface area contributed by atoms with Crippen LogP contribution >= 0.6 is 12.2 Å². The number of anilines is 1. The molecule has 5 heteroatoms. The molecule has 0 aliphatic carbocycles. The van der Waals surface area contributed by atoms with Crippen LogP contribution in [0, 0.1) is 6.92 Å². The lowest BCUT2D eigenvalue weighted by Gasteiger charge is -2.26. The Balaban J connectivity index is 1.56. The molecule has 2 N–H and O–H groups in total. The molecule has 1 aromatic carbocycles. The van der Waals surface area contributed by atoms with Crippen LogP contribution in [0.2, 0.25) is 0 Å². The van der Waals surface area contributed by atoms with Crippen LogP contribution in [0.15, 0.2) is 47.1 Å². The summed E-state index contributed by atoms with van der Waals surface area (Å²) in [7, 11) is 0. The highest BCUT2D eigenvalue weighted by atomic mass is 32.1. The van der Waals surface area contributed by atoms with Crippen LogP contribution < -0.4 is 10.2 Å². The third kappa shape index (κ3) is 6.67. The number of aryl methyl sites for hydroxylation is 1. The fourth-order valence-electron chi connectivity index (χ4n) is 3.77. The van der Waals surface area contributed by atoms with Crippen LogP contribution in [-0.4, -0.2) is 36.2 Å². The number of quaternary nitrogens is 1.